The highest BCUT2D eigenvalue weighted by Crippen LogP contribution is 2.47. The summed E-state index contributed by atoms with van der Waals surface area (Å²) in [5.74, 6) is 6.95. The molecule has 1 aromatic rings. The van der Waals surface area contributed by atoms with Crippen LogP contribution in [-0.4, -0.2) is 9.97 Å². The first-order chi connectivity index (χ1) is 15.8. The van der Waals surface area contributed by atoms with E-state index in [0.717, 1.165) is 41.8 Å². The Morgan fingerprint density at radius 1 is 0.625 bits per heavy atom. The Balaban J connectivity index is 1.15. The Hall–Kier alpha value is -0.920. The molecule has 180 valence electrons. The molecular weight excluding hydrogens is 388 g/mol. The largest absolute Gasteiger partial charge is 0.241 e. The molecule has 0 amide bonds. The van der Waals surface area contributed by atoms with Gasteiger partial charge in [0.25, 0.3) is 0 Å². The van der Waals surface area contributed by atoms with Crippen LogP contribution in [0.25, 0.3) is 0 Å². The van der Waals surface area contributed by atoms with Gasteiger partial charge in [-0.2, -0.15) is 0 Å². The fourth-order valence-electron chi connectivity index (χ4n) is 7.56. The SMILES string of the molecule is CCCCCC1CCC(C2CCC(C3CCC(c4ncc(CCC)cn4)CC3)CC2)CC1. The number of hydrogen-bond donors (Lipinski definition) is 0. The lowest BCUT2D eigenvalue weighted by Gasteiger charge is -2.41. The molecule has 3 aliphatic rings. The summed E-state index contributed by atoms with van der Waals surface area (Å²) in [6.07, 6.45) is 30.1. The van der Waals surface area contributed by atoms with Gasteiger partial charge in [-0.05, 0) is 106 Å². The van der Waals surface area contributed by atoms with Gasteiger partial charge in [-0.25, -0.2) is 9.97 Å². The molecule has 3 saturated carbocycles. The fraction of sp³-hybridized carbons (Fsp3) is 0.867. The van der Waals surface area contributed by atoms with Crippen LogP contribution >= 0.6 is 0 Å². The number of unbranched alkanes of at least 4 members (excludes halogenated alkanes) is 2. The lowest BCUT2D eigenvalue weighted by Crippen LogP contribution is -2.29. The van der Waals surface area contributed by atoms with Crippen LogP contribution in [0, 0.1) is 29.6 Å². The third-order valence-corrected chi connectivity index (χ3v) is 9.66. The van der Waals surface area contributed by atoms with E-state index in [1.165, 1.54) is 89.0 Å². The van der Waals surface area contributed by atoms with Crippen molar-refractivity contribution in [2.45, 2.75) is 135 Å². The van der Waals surface area contributed by atoms with Crippen molar-refractivity contribution >= 4 is 0 Å². The molecule has 0 aromatic carbocycles. The zero-order valence-corrected chi connectivity index (χ0v) is 21.2. The maximum absolute atomic E-state index is 4.74. The van der Waals surface area contributed by atoms with Crippen molar-refractivity contribution in [3.8, 4) is 0 Å². The first kappa shape index (κ1) is 24.2. The smallest absolute Gasteiger partial charge is 0.131 e. The molecule has 0 N–H and O–H groups in total. The van der Waals surface area contributed by atoms with Crippen molar-refractivity contribution < 1.29 is 0 Å². The number of aryl methyl sites for hydroxylation is 1. The second-order valence-corrected chi connectivity index (χ2v) is 11.8. The van der Waals surface area contributed by atoms with Gasteiger partial charge in [-0.15, -0.1) is 0 Å². The monoisotopic (exact) mass is 438 g/mol. The van der Waals surface area contributed by atoms with Crippen molar-refractivity contribution in [1.29, 1.82) is 0 Å². The molecule has 1 aromatic heterocycles. The summed E-state index contributed by atoms with van der Waals surface area (Å²) in [5, 5.41) is 0. The van der Waals surface area contributed by atoms with Crippen LogP contribution < -0.4 is 0 Å². The minimum Gasteiger partial charge on any atom is -0.241 e. The van der Waals surface area contributed by atoms with Gasteiger partial charge in [-0.3, -0.25) is 0 Å². The summed E-state index contributed by atoms with van der Waals surface area (Å²) >= 11 is 0. The van der Waals surface area contributed by atoms with E-state index in [2.05, 4.69) is 26.2 Å². The van der Waals surface area contributed by atoms with Gasteiger partial charge < -0.3 is 0 Å². The van der Waals surface area contributed by atoms with E-state index in [1.807, 2.05) is 0 Å². The van der Waals surface area contributed by atoms with E-state index in [4.69, 9.17) is 9.97 Å². The number of nitrogens with zero attached hydrogens (tertiary/aromatic N) is 2. The highest BCUT2D eigenvalue weighted by atomic mass is 14.9. The summed E-state index contributed by atoms with van der Waals surface area (Å²) in [4.78, 5) is 9.47. The zero-order chi connectivity index (χ0) is 22.2. The molecule has 0 unspecified atom stereocenters. The Labute approximate surface area is 198 Å². The summed E-state index contributed by atoms with van der Waals surface area (Å²) in [7, 11) is 0. The highest BCUT2D eigenvalue weighted by Gasteiger charge is 2.35. The Kier molecular flexibility index (Phi) is 9.47. The number of hydrogen-bond acceptors (Lipinski definition) is 2. The van der Waals surface area contributed by atoms with Gasteiger partial charge in [0.05, 0.1) is 0 Å². The predicted molar refractivity (Wildman–Crippen MR) is 136 cm³/mol. The molecule has 32 heavy (non-hydrogen) atoms. The first-order valence-electron chi connectivity index (χ1n) is 14.6. The van der Waals surface area contributed by atoms with E-state index in [-0.39, 0.29) is 0 Å². The standard InChI is InChI=1S/C30H50N2/c1-3-5-6-8-23-9-11-25(12-10-23)26-13-15-27(16-14-26)28-17-19-29(20-18-28)30-31-21-24(7-4-2)22-32-30/h21-23,25-29H,3-20H2,1-2H3. The molecule has 2 nitrogen and oxygen atoms in total. The van der Waals surface area contributed by atoms with Gasteiger partial charge in [0.1, 0.15) is 5.82 Å². The van der Waals surface area contributed by atoms with Crippen molar-refractivity contribution in [2.75, 3.05) is 0 Å². The van der Waals surface area contributed by atoms with Crippen LogP contribution in [0.2, 0.25) is 0 Å². The molecular formula is C30H50N2. The van der Waals surface area contributed by atoms with E-state index in [0.29, 0.717) is 5.92 Å². The van der Waals surface area contributed by atoms with Gasteiger partial charge in [0, 0.05) is 18.3 Å². The molecule has 0 aliphatic heterocycles. The Morgan fingerprint density at radius 2 is 1.12 bits per heavy atom. The third kappa shape index (κ3) is 6.57. The van der Waals surface area contributed by atoms with Crippen molar-refractivity contribution in [1.82, 2.24) is 9.97 Å². The zero-order valence-electron chi connectivity index (χ0n) is 21.2. The summed E-state index contributed by atoms with van der Waals surface area (Å²) in [6, 6.07) is 0. The van der Waals surface area contributed by atoms with Crippen LogP contribution in [0.3, 0.4) is 0 Å². The molecule has 0 radical (unpaired) electrons. The summed E-state index contributed by atoms with van der Waals surface area (Å²) in [6.45, 7) is 4.56. The Morgan fingerprint density at radius 3 is 1.62 bits per heavy atom. The molecule has 4 rings (SSSR count). The average Bonchev–Trinajstić information content (AvgIpc) is 2.86. The lowest BCUT2D eigenvalue weighted by molar-refractivity contribution is 0.108. The number of aromatic nitrogens is 2. The minimum absolute atomic E-state index is 0.616. The van der Waals surface area contributed by atoms with Gasteiger partial charge in [0.15, 0.2) is 0 Å². The van der Waals surface area contributed by atoms with Crippen LogP contribution in [-0.2, 0) is 6.42 Å². The van der Waals surface area contributed by atoms with Crippen LogP contribution in [0.4, 0.5) is 0 Å². The lowest BCUT2D eigenvalue weighted by atomic mass is 9.65. The van der Waals surface area contributed by atoms with Crippen LogP contribution in [0.5, 0.6) is 0 Å². The molecule has 3 fully saturated rings. The molecule has 2 heteroatoms. The second-order valence-electron chi connectivity index (χ2n) is 11.8. The van der Waals surface area contributed by atoms with Crippen LogP contribution in [0.15, 0.2) is 12.4 Å². The van der Waals surface area contributed by atoms with E-state index in [1.54, 1.807) is 25.7 Å². The normalized spacial score (nSPS) is 33.8. The third-order valence-electron chi connectivity index (χ3n) is 9.66. The molecule has 0 saturated heterocycles. The number of rotatable bonds is 9. The van der Waals surface area contributed by atoms with Gasteiger partial charge in [0.2, 0.25) is 0 Å². The molecule has 0 atom stereocenters. The topological polar surface area (TPSA) is 25.8 Å². The second kappa shape index (κ2) is 12.5. The maximum atomic E-state index is 4.74. The highest BCUT2D eigenvalue weighted by molar-refractivity contribution is 5.08. The molecule has 0 spiro atoms. The van der Waals surface area contributed by atoms with Crippen molar-refractivity contribution in [3.05, 3.63) is 23.8 Å². The van der Waals surface area contributed by atoms with Gasteiger partial charge in [-0.1, -0.05) is 58.8 Å². The first-order valence-corrected chi connectivity index (χ1v) is 14.6. The van der Waals surface area contributed by atoms with E-state index >= 15 is 0 Å². The Bertz CT molecular complexity index is 629. The minimum atomic E-state index is 0.616. The van der Waals surface area contributed by atoms with E-state index in [9.17, 15) is 0 Å². The average molecular weight is 439 g/mol. The quantitative estimate of drug-likeness (QED) is 0.360. The fourth-order valence-corrected chi connectivity index (χ4v) is 7.56. The maximum Gasteiger partial charge on any atom is 0.131 e. The van der Waals surface area contributed by atoms with Crippen LogP contribution in [0.1, 0.15) is 140 Å². The molecule has 0 bridgehead atoms. The predicted octanol–water partition coefficient (Wildman–Crippen LogP) is 8.90. The summed E-state index contributed by atoms with van der Waals surface area (Å²) < 4.78 is 0. The van der Waals surface area contributed by atoms with Gasteiger partial charge >= 0.3 is 0 Å². The molecule has 3 aliphatic carbocycles. The van der Waals surface area contributed by atoms with Crippen molar-refractivity contribution in [2.24, 2.45) is 29.6 Å². The summed E-state index contributed by atoms with van der Waals surface area (Å²) in [5.41, 5.74) is 1.30. The van der Waals surface area contributed by atoms with Crippen molar-refractivity contribution in [3.63, 3.8) is 0 Å². The molecule has 1 heterocycles. The van der Waals surface area contributed by atoms with E-state index < -0.39 is 0 Å².